The molecule has 3 aliphatic heterocycles. The predicted octanol–water partition coefficient (Wildman–Crippen LogP) is 0.551. The van der Waals surface area contributed by atoms with Crippen molar-refractivity contribution in [3.8, 4) is 0 Å². The van der Waals surface area contributed by atoms with E-state index < -0.39 is 29.3 Å². The number of carbonyl (C=O) groups excluding carboxylic acids is 4. The van der Waals surface area contributed by atoms with Crippen LogP contribution in [0.15, 0.2) is 12.1 Å². The quantitative estimate of drug-likeness (QED) is 0.587. The number of halogens is 1. The summed E-state index contributed by atoms with van der Waals surface area (Å²) in [6, 6.07) is 2.88. The van der Waals surface area contributed by atoms with Gasteiger partial charge in [0, 0.05) is 11.6 Å². The number of primary amides is 1. The number of carbonyl (C=O) groups is 4. The molecule has 31 heavy (non-hydrogen) atoms. The number of fused-ring (bicyclic) bond motifs is 4. The summed E-state index contributed by atoms with van der Waals surface area (Å²) in [7, 11) is 0. The summed E-state index contributed by atoms with van der Waals surface area (Å²) in [6.45, 7) is 1.87. The molecule has 1 saturated carbocycles. The molecule has 9 heteroatoms. The number of nitrogens with zero attached hydrogens (tertiary/aromatic N) is 1. The fraction of sp³-hybridized carbons (Fsp3) is 0.545. The molecule has 0 unspecified atom stereocenters. The van der Waals surface area contributed by atoms with Crippen molar-refractivity contribution < 1.29 is 24.5 Å². The number of hydrogen-bond donors (Lipinski definition) is 3. The Kier molecular flexibility index (Phi) is 4.64. The van der Waals surface area contributed by atoms with Gasteiger partial charge in [-0.15, -0.1) is 0 Å². The summed E-state index contributed by atoms with van der Waals surface area (Å²) in [6.07, 6.45) is 4.51. The molecule has 5 rings (SSSR count). The van der Waals surface area contributed by atoms with Crippen LogP contribution in [0.2, 0.25) is 5.02 Å². The van der Waals surface area contributed by atoms with E-state index in [1.165, 1.54) is 4.90 Å². The van der Waals surface area contributed by atoms with Gasteiger partial charge in [0.05, 0.1) is 17.1 Å². The molecule has 164 valence electrons. The minimum absolute atomic E-state index is 0.0807. The molecular weight excluding hydrogens is 420 g/mol. The Bertz CT molecular complexity index is 1020. The number of quaternary nitrogens is 1. The van der Waals surface area contributed by atoms with Gasteiger partial charge in [-0.1, -0.05) is 30.9 Å². The van der Waals surface area contributed by atoms with Gasteiger partial charge < -0.3 is 16.4 Å². The van der Waals surface area contributed by atoms with E-state index in [1.807, 2.05) is 13.0 Å². The van der Waals surface area contributed by atoms with Crippen molar-refractivity contribution in [2.75, 3.05) is 5.32 Å². The van der Waals surface area contributed by atoms with Crippen molar-refractivity contribution in [2.45, 2.75) is 63.1 Å². The zero-order valence-corrected chi connectivity index (χ0v) is 18.1. The maximum Gasteiger partial charge on any atom is 0.291 e. The molecule has 2 saturated heterocycles. The molecule has 1 aromatic carbocycles. The van der Waals surface area contributed by atoms with Crippen LogP contribution in [0.5, 0.6) is 0 Å². The molecule has 3 fully saturated rings. The Hall–Kier alpha value is -2.45. The number of nitrogens with one attached hydrogen (secondary N) is 1. The number of imide groups is 1. The van der Waals surface area contributed by atoms with Gasteiger partial charge in [0.2, 0.25) is 23.3 Å². The molecule has 0 aromatic heterocycles. The summed E-state index contributed by atoms with van der Waals surface area (Å²) < 4.78 is 0. The van der Waals surface area contributed by atoms with Crippen LogP contribution in [-0.4, -0.2) is 40.6 Å². The van der Waals surface area contributed by atoms with E-state index >= 15 is 0 Å². The highest BCUT2D eigenvalue weighted by molar-refractivity contribution is 6.35. The third-order valence-electron chi connectivity index (χ3n) is 7.49. The average molecular weight is 446 g/mol. The van der Waals surface area contributed by atoms with Gasteiger partial charge in [0.1, 0.15) is 17.9 Å². The Morgan fingerprint density at radius 2 is 1.94 bits per heavy atom. The molecule has 0 bridgehead atoms. The van der Waals surface area contributed by atoms with Crippen molar-refractivity contribution in [2.24, 2.45) is 17.6 Å². The number of amides is 4. The lowest BCUT2D eigenvalue weighted by Gasteiger charge is -2.32. The molecule has 1 aliphatic carbocycles. The molecule has 4 amide bonds. The maximum atomic E-state index is 13.8. The molecule has 4 atom stereocenters. The lowest BCUT2D eigenvalue weighted by molar-refractivity contribution is -0.732. The molecular formula is C22H26ClN4O4+. The van der Waals surface area contributed by atoms with Crippen LogP contribution in [0.25, 0.3) is 0 Å². The molecule has 4 aliphatic rings. The van der Waals surface area contributed by atoms with Crippen LogP contribution in [0.3, 0.4) is 0 Å². The van der Waals surface area contributed by atoms with Crippen LogP contribution in [0.4, 0.5) is 5.69 Å². The first-order valence-electron chi connectivity index (χ1n) is 10.9. The first-order chi connectivity index (χ1) is 14.8. The average Bonchev–Trinajstić information content (AvgIpc) is 3.28. The number of likely N-dealkylation sites (tertiary alicyclic amines) is 1. The third-order valence-corrected chi connectivity index (χ3v) is 7.78. The third kappa shape index (κ3) is 2.77. The highest BCUT2D eigenvalue weighted by Crippen LogP contribution is 2.52. The lowest BCUT2D eigenvalue weighted by atomic mass is 9.76. The van der Waals surface area contributed by atoms with Gasteiger partial charge in [0.15, 0.2) is 0 Å². The number of nitrogens with two attached hydrogens (primary N) is 2. The number of hydrogen-bond acceptors (Lipinski definition) is 4. The fourth-order valence-electron chi connectivity index (χ4n) is 6.29. The first-order valence-corrected chi connectivity index (χ1v) is 11.3. The van der Waals surface area contributed by atoms with E-state index in [1.54, 1.807) is 11.4 Å². The second-order valence-electron chi connectivity index (χ2n) is 9.34. The van der Waals surface area contributed by atoms with E-state index in [9.17, 15) is 19.2 Å². The van der Waals surface area contributed by atoms with Gasteiger partial charge >= 0.3 is 0 Å². The largest absolute Gasteiger partial charge is 0.369 e. The van der Waals surface area contributed by atoms with E-state index in [-0.39, 0.29) is 30.2 Å². The van der Waals surface area contributed by atoms with Crippen LogP contribution < -0.4 is 16.4 Å². The van der Waals surface area contributed by atoms with Crippen molar-refractivity contribution in [1.29, 1.82) is 0 Å². The van der Waals surface area contributed by atoms with Crippen molar-refractivity contribution >= 4 is 40.9 Å². The molecule has 1 aromatic rings. The molecule has 5 N–H and O–H groups in total. The molecule has 0 radical (unpaired) electrons. The molecule has 3 heterocycles. The SMILES string of the molecule is Cc1cc(Cl)c2c(c1)[C@@]1([NH2+][C@@H](CC(N)=O)[C@H]3C(=O)N(C4CCCCC4)C(=O)[C@H]31)C(=O)N2. The van der Waals surface area contributed by atoms with Crippen molar-refractivity contribution in [3.05, 3.63) is 28.3 Å². The zero-order chi connectivity index (χ0) is 22.1. The molecule has 8 nitrogen and oxygen atoms in total. The van der Waals surface area contributed by atoms with Gasteiger partial charge in [-0.3, -0.25) is 24.1 Å². The predicted molar refractivity (Wildman–Crippen MR) is 112 cm³/mol. The van der Waals surface area contributed by atoms with E-state index in [4.69, 9.17) is 17.3 Å². The zero-order valence-electron chi connectivity index (χ0n) is 17.3. The minimum atomic E-state index is -1.33. The Balaban J connectivity index is 1.65. The van der Waals surface area contributed by atoms with Crippen LogP contribution in [-0.2, 0) is 24.7 Å². The Morgan fingerprint density at radius 3 is 2.61 bits per heavy atom. The summed E-state index contributed by atoms with van der Waals surface area (Å²) in [5, 5.41) is 4.95. The topological polar surface area (TPSA) is 126 Å². The van der Waals surface area contributed by atoms with Gasteiger partial charge in [-0.05, 0) is 37.5 Å². The Morgan fingerprint density at radius 1 is 1.23 bits per heavy atom. The van der Waals surface area contributed by atoms with Crippen LogP contribution >= 0.6 is 11.6 Å². The Labute approximate surface area is 184 Å². The van der Waals surface area contributed by atoms with E-state index in [0.29, 0.717) is 16.3 Å². The fourth-order valence-corrected chi connectivity index (χ4v) is 6.62. The summed E-state index contributed by atoms with van der Waals surface area (Å²) in [4.78, 5) is 54.0. The first kappa shape index (κ1) is 20.5. The number of benzene rings is 1. The highest BCUT2D eigenvalue weighted by Gasteiger charge is 2.74. The van der Waals surface area contributed by atoms with Gasteiger partial charge in [-0.25, -0.2) is 0 Å². The van der Waals surface area contributed by atoms with Crippen LogP contribution in [0, 0.1) is 18.8 Å². The normalized spacial score (nSPS) is 32.5. The summed E-state index contributed by atoms with van der Waals surface area (Å²) in [5.74, 6) is -3.17. The smallest absolute Gasteiger partial charge is 0.291 e. The van der Waals surface area contributed by atoms with Crippen molar-refractivity contribution in [3.63, 3.8) is 0 Å². The minimum Gasteiger partial charge on any atom is -0.369 e. The molecule has 1 spiro atoms. The van der Waals surface area contributed by atoms with E-state index in [0.717, 1.165) is 37.7 Å². The summed E-state index contributed by atoms with van der Waals surface area (Å²) in [5.41, 5.74) is 6.09. The number of aryl methyl sites for hydroxylation is 1. The van der Waals surface area contributed by atoms with Gasteiger partial charge in [-0.2, -0.15) is 0 Å². The van der Waals surface area contributed by atoms with Crippen LogP contribution in [0.1, 0.15) is 49.7 Å². The summed E-state index contributed by atoms with van der Waals surface area (Å²) >= 11 is 6.42. The highest BCUT2D eigenvalue weighted by atomic mass is 35.5. The second-order valence-corrected chi connectivity index (χ2v) is 9.74. The second kappa shape index (κ2) is 7.03. The standard InChI is InChI=1S/C22H25ClN4O4/c1-10-7-12-18(13(23)8-10)25-21(31)22(12)17-16(14(26-22)9-15(24)28)19(29)27(20(17)30)11-5-3-2-4-6-11/h7-8,11,14,16-17,26H,2-6,9H2,1H3,(H2,24,28)(H,25,31)/p+1/t14-,16+,17-,22-/m0/s1. The van der Waals surface area contributed by atoms with Crippen molar-refractivity contribution in [1.82, 2.24) is 4.90 Å². The number of rotatable bonds is 3. The monoisotopic (exact) mass is 445 g/mol. The van der Waals surface area contributed by atoms with Gasteiger partial charge in [0.25, 0.3) is 5.91 Å². The lowest BCUT2D eigenvalue weighted by Crippen LogP contribution is -2.99. The number of anilines is 1. The van der Waals surface area contributed by atoms with E-state index in [2.05, 4.69) is 5.32 Å². The maximum absolute atomic E-state index is 13.8.